The van der Waals surface area contributed by atoms with Gasteiger partial charge in [-0.1, -0.05) is 0 Å². The quantitative estimate of drug-likeness (QED) is 0.690. The van der Waals surface area contributed by atoms with Crippen molar-refractivity contribution in [3.63, 3.8) is 0 Å². The Bertz CT molecular complexity index is 332. The second-order valence-electron chi connectivity index (χ2n) is 3.53. The molecule has 0 aromatic carbocycles. The molecule has 0 aliphatic heterocycles. The van der Waals surface area contributed by atoms with Crippen LogP contribution in [0.4, 0.5) is 0 Å². The second-order valence-corrected chi connectivity index (χ2v) is 3.53. The Morgan fingerprint density at radius 2 is 2.50 bits per heavy atom. The summed E-state index contributed by atoms with van der Waals surface area (Å²) in [5.41, 5.74) is 0.485. The molecule has 6 nitrogen and oxygen atoms in total. The summed E-state index contributed by atoms with van der Waals surface area (Å²) in [6, 6.07) is -0.183. The van der Waals surface area contributed by atoms with Crippen molar-refractivity contribution in [2.75, 3.05) is 20.3 Å². The maximum absolute atomic E-state index is 11.8. The summed E-state index contributed by atoms with van der Waals surface area (Å²) in [5, 5.41) is 11.6. The lowest BCUT2D eigenvalue weighted by Crippen LogP contribution is -2.39. The summed E-state index contributed by atoms with van der Waals surface area (Å²) in [4.78, 5) is 15.6. The standard InChI is InChI=1S/C10H17N3O3/c1-13-7-11-5-9(13)10(15)12-8(3-4-14)6-16-2/h5,7-8,14H,3-4,6H2,1-2H3,(H,12,15). The van der Waals surface area contributed by atoms with Gasteiger partial charge in [0.15, 0.2) is 0 Å². The molecule has 1 rings (SSSR count). The molecule has 1 aromatic rings. The molecular formula is C10H17N3O3. The van der Waals surface area contributed by atoms with E-state index in [0.717, 1.165) is 0 Å². The maximum atomic E-state index is 11.8. The molecule has 6 heteroatoms. The highest BCUT2D eigenvalue weighted by molar-refractivity contribution is 5.92. The normalized spacial score (nSPS) is 12.4. The van der Waals surface area contributed by atoms with E-state index in [2.05, 4.69) is 10.3 Å². The zero-order valence-corrected chi connectivity index (χ0v) is 9.51. The van der Waals surface area contributed by atoms with Gasteiger partial charge in [0.25, 0.3) is 5.91 Å². The number of ether oxygens (including phenoxy) is 1. The molecule has 1 heterocycles. The Balaban J connectivity index is 2.58. The first-order valence-corrected chi connectivity index (χ1v) is 5.06. The van der Waals surface area contributed by atoms with Crippen LogP contribution in [0, 0.1) is 0 Å². The summed E-state index contributed by atoms with van der Waals surface area (Å²) in [5.74, 6) is -0.212. The van der Waals surface area contributed by atoms with E-state index in [9.17, 15) is 4.79 Å². The third-order valence-electron chi connectivity index (χ3n) is 2.23. The van der Waals surface area contributed by atoms with Crippen molar-refractivity contribution in [3.05, 3.63) is 18.2 Å². The van der Waals surface area contributed by atoms with Crippen LogP contribution in [-0.2, 0) is 11.8 Å². The Hall–Kier alpha value is -1.40. The van der Waals surface area contributed by atoms with E-state index in [1.165, 1.54) is 6.20 Å². The average Bonchev–Trinajstić information content (AvgIpc) is 2.65. The number of amides is 1. The lowest BCUT2D eigenvalue weighted by Gasteiger charge is -2.16. The highest BCUT2D eigenvalue weighted by Gasteiger charge is 2.15. The molecule has 90 valence electrons. The minimum Gasteiger partial charge on any atom is -0.396 e. The number of aryl methyl sites for hydroxylation is 1. The summed E-state index contributed by atoms with van der Waals surface area (Å²) in [6.45, 7) is 0.393. The molecule has 1 atom stereocenters. The molecule has 1 amide bonds. The number of hydrogen-bond acceptors (Lipinski definition) is 4. The molecule has 2 N–H and O–H groups in total. The van der Waals surface area contributed by atoms with E-state index in [0.29, 0.717) is 18.7 Å². The lowest BCUT2D eigenvalue weighted by atomic mass is 10.2. The molecule has 16 heavy (non-hydrogen) atoms. The summed E-state index contributed by atoms with van der Waals surface area (Å²) in [6.07, 6.45) is 3.53. The molecule has 0 aliphatic rings. The van der Waals surface area contributed by atoms with Crippen LogP contribution >= 0.6 is 0 Å². The van der Waals surface area contributed by atoms with Gasteiger partial charge in [0, 0.05) is 20.8 Å². The lowest BCUT2D eigenvalue weighted by molar-refractivity contribution is 0.0870. The van der Waals surface area contributed by atoms with Gasteiger partial charge in [-0.05, 0) is 6.42 Å². The van der Waals surface area contributed by atoms with Gasteiger partial charge >= 0.3 is 0 Å². The van der Waals surface area contributed by atoms with Crippen LogP contribution in [-0.4, -0.2) is 46.9 Å². The van der Waals surface area contributed by atoms with Crippen molar-refractivity contribution in [1.82, 2.24) is 14.9 Å². The molecule has 0 aliphatic carbocycles. The van der Waals surface area contributed by atoms with E-state index >= 15 is 0 Å². The first kappa shape index (κ1) is 12.7. The van der Waals surface area contributed by atoms with Crippen LogP contribution in [0.25, 0.3) is 0 Å². The van der Waals surface area contributed by atoms with Gasteiger partial charge in [0.2, 0.25) is 0 Å². The molecule has 0 radical (unpaired) electrons. The van der Waals surface area contributed by atoms with Crippen LogP contribution in [0.15, 0.2) is 12.5 Å². The number of hydrogen-bond donors (Lipinski definition) is 2. The Kier molecular flexibility index (Phi) is 4.94. The van der Waals surface area contributed by atoms with Gasteiger partial charge in [-0.15, -0.1) is 0 Å². The summed E-state index contributed by atoms with van der Waals surface area (Å²) < 4.78 is 6.59. The number of carbonyl (C=O) groups excluding carboxylic acids is 1. The number of aliphatic hydroxyl groups excluding tert-OH is 1. The first-order valence-electron chi connectivity index (χ1n) is 5.06. The number of imidazole rings is 1. The Morgan fingerprint density at radius 1 is 1.75 bits per heavy atom. The van der Waals surface area contributed by atoms with Crippen molar-refractivity contribution in [3.8, 4) is 0 Å². The number of carbonyl (C=O) groups is 1. The topological polar surface area (TPSA) is 76.4 Å². The Labute approximate surface area is 94.2 Å². The van der Waals surface area contributed by atoms with E-state index in [1.807, 2.05) is 0 Å². The molecule has 0 fully saturated rings. The first-order chi connectivity index (χ1) is 7.69. The van der Waals surface area contributed by atoms with Crippen molar-refractivity contribution < 1.29 is 14.6 Å². The number of aliphatic hydroxyl groups is 1. The highest BCUT2D eigenvalue weighted by atomic mass is 16.5. The number of nitrogens with one attached hydrogen (secondary N) is 1. The molecular weight excluding hydrogens is 210 g/mol. The SMILES string of the molecule is COCC(CCO)NC(=O)c1cncn1C. The molecule has 0 saturated heterocycles. The zero-order chi connectivity index (χ0) is 12.0. The van der Waals surface area contributed by atoms with E-state index in [-0.39, 0.29) is 18.6 Å². The fraction of sp³-hybridized carbons (Fsp3) is 0.600. The van der Waals surface area contributed by atoms with E-state index in [4.69, 9.17) is 9.84 Å². The van der Waals surface area contributed by atoms with Gasteiger partial charge in [0.1, 0.15) is 5.69 Å². The number of methoxy groups -OCH3 is 1. The molecule has 0 saturated carbocycles. The van der Waals surface area contributed by atoms with Gasteiger partial charge in [-0.25, -0.2) is 4.98 Å². The van der Waals surface area contributed by atoms with Gasteiger partial charge in [0.05, 0.1) is 25.2 Å². The predicted octanol–water partition coefficient (Wildman–Crippen LogP) is -0.453. The van der Waals surface area contributed by atoms with Crippen LogP contribution in [0.1, 0.15) is 16.9 Å². The van der Waals surface area contributed by atoms with Crippen molar-refractivity contribution >= 4 is 5.91 Å². The molecule has 1 aromatic heterocycles. The second kappa shape index (κ2) is 6.24. The van der Waals surface area contributed by atoms with Crippen LogP contribution in [0.3, 0.4) is 0 Å². The number of aromatic nitrogens is 2. The van der Waals surface area contributed by atoms with E-state index in [1.54, 1.807) is 25.1 Å². The summed E-state index contributed by atoms with van der Waals surface area (Å²) in [7, 11) is 3.31. The largest absolute Gasteiger partial charge is 0.396 e. The van der Waals surface area contributed by atoms with E-state index < -0.39 is 0 Å². The minimum atomic E-state index is -0.212. The third kappa shape index (κ3) is 3.32. The Morgan fingerprint density at radius 3 is 3.00 bits per heavy atom. The maximum Gasteiger partial charge on any atom is 0.269 e. The van der Waals surface area contributed by atoms with Gasteiger partial charge < -0.3 is 19.7 Å². The van der Waals surface area contributed by atoms with Gasteiger partial charge in [-0.2, -0.15) is 0 Å². The molecule has 0 spiro atoms. The fourth-order valence-corrected chi connectivity index (χ4v) is 1.39. The highest BCUT2D eigenvalue weighted by Crippen LogP contribution is 1.99. The fourth-order valence-electron chi connectivity index (χ4n) is 1.39. The van der Waals surface area contributed by atoms with Crippen molar-refractivity contribution in [1.29, 1.82) is 0 Å². The van der Waals surface area contributed by atoms with Crippen molar-refractivity contribution in [2.24, 2.45) is 7.05 Å². The predicted molar refractivity (Wildman–Crippen MR) is 58.0 cm³/mol. The molecule has 0 bridgehead atoms. The van der Waals surface area contributed by atoms with Gasteiger partial charge in [-0.3, -0.25) is 4.79 Å². The zero-order valence-electron chi connectivity index (χ0n) is 9.51. The molecule has 1 unspecified atom stereocenters. The van der Waals surface area contributed by atoms with Crippen molar-refractivity contribution in [2.45, 2.75) is 12.5 Å². The monoisotopic (exact) mass is 227 g/mol. The summed E-state index contributed by atoms with van der Waals surface area (Å²) >= 11 is 0. The van der Waals surface area contributed by atoms with Crippen LogP contribution < -0.4 is 5.32 Å². The third-order valence-corrected chi connectivity index (χ3v) is 2.23. The number of nitrogens with zero attached hydrogens (tertiary/aromatic N) is 2. The van der Waals surface area contributed by atoms with Crippen LogP contribution in [0.2, 0.25) is 0 Å². The minimum absolute atomic E-state index is 0.0136. The number of rotatable bonds is 6. The smallest absolute Gasteiger partial charge is 0.269 e. The average molecular weight is 227 g/mol. The van der Waals surface area contributed by atoms with Crippen LogP contribution in [0.5, 0.6) is 0 Å².